The van der Waals surface area contributed by atoms with Crippen molar-refractivity contribution in [2.24, 2.45) is 0 Å². The number of aliphatic carboxylic acids is 4. The average molecular weight is 751 g/mol. The number of hydrogen-bond acceptors (Lipinski definition) is 13. The number of aromatic hydroxyl groups is 1. The zero-order chi connectivity index (χ0) is 37.4. The molecule has 2 aromatic rings. The minimum atomic E-state index is -1.40. The third-order valence-corrected chi connectivity index (χ3v) is 7.69. The van der Waals surface area contributed by atoms with Gasteiger partial charge in [0.25, 0.3) is 6.47 Å². The van der Waals surface area contributed by atoms with E-state index in [1.54, 1.807) is 0 Å². The van der Waals surface area contributed by atoms with Crippen molar-refractivity contribution in [2.75, 3.05) is 57.4 Å². The van der Waals surface area contributed by atoms with E-state index >= 15 is 0 Å². The zero-order valence-corrected chi connectivity index (χ0v) is 27.7. The first-order valence-electron chi connectivity index (χ1n) is 14.6. The van der Waals surface area contributed by atoms with Crippen molar-refractivity contribution in [1.29, 1.82) is 0 Å². The van der Waals surface area contributed by atoms with Crippen LogP contribution >= 0.6 is 23.2 Å². The molecule has 0 unspecified atom stereocenters. The number of carboxylic acid groups (broad SMARTS) is 4. The molecule has 5 N–H and O–H groups in total. The summed E-state index contributed by atoms with van der Waals surface area (Å²) in [5.41, 5.74) is -0.179. The highest BCUT2D eigenvalue weighted by atomic mass is 35.5. The van der Waals surface area contributed by atoms with E-state index in [2.05, 4.69) is 0 Å². The first-order chi connectivity index (χ1) is 24.2. The standard InChI is InChI=1S/C32H28Cl2N2O15/c33-19-5-16-25(9-22(19)38)51-26-10-23(39)20(34)6-17(26)32(16)18-7-27(49-4-3-48-2-1-35(11-28(40)41)12-29(42)43)21(8-24(18)50-15-37)36(13-30(44)45)14-31(46)47/h5-10,15,38H,1-4,11-14H2,(H,40,41)(H,42,43)(H,44,45)(H,46,47). The molecule has 0 fully saturated rings. The van der Waals surface area contributed by atoms with Crippen molar-refractivity contribution in [1.82, 2.24) is 4.90 Å². The lowest BCUT2D eigenvalue weighted by Gasteiger charge is -2.26. The van der Waals surface area contributed by atoms with Crippen LogP contribution in [0, 0.1) is 0 Å². The normalized spacial score (nSPS) is 11.1. The van der Waals surface area contributed by atoms with Gasteiger partial charge in [-0.05, 0) is 18.2 Å². The van der Waals surface area contributed by atoms with Crippen LogP contribution in [-0.4, -0.2) is 113 Å². The van der Waals surface area contributed by atoms with E-state index in [1.165, 1.54) is 30.3 Å². The fourth-order valence-corrected chi connectivity index (χ4v) is 5.43. The molecule has 0 amide bonds. The Kier molecular flexibility index (Phi) is 12.6. The highest BCUT2D eigenvalue weighted by Crippen LogP contribution is 2.49. The maximum atomic E-state index is 12.5. The minimum absolute atomic E-state index is 0.00356. The summed E-state index contributed by atoms with van der Waals surface area (Å²) >= 11 is 12.5. The quantitative estimate of drug-likeness (QED) is 0.0525. The highest BCUT2D eigenvalue weighted by molar-refractivity contribution is 6.33. The number of carboxylic acids is 4. The number of carbonyl (C=O) groups is 5. The Labute approximate surface area is 296 Å². The van der Waals surface area contributed by atoms with Crippen molar-refractivity contribution in [3.05, 3.63) is 56.7 Å². The number of nitrogens with zero attached hydrogens (tertiary/aromatic N) is 2. The van der Waals surface area contributed by atoms with Crippen LogP contribution in [0.2, 0.25) is 10.0 Å². The number of benzene rings is 3. The van der Waals surface area contributed by atoms with Crippen molar-refractivity contribution >= 4 is 70.2 Å². The first kappa shape index (κ1) is 38.2. The van der Waals surface area contributed by atoms with E-state index in [9.17, 15) is 44.1 Å². The van der Waals surface area contributed by atoms with Gasteiger partial charge in [-0.3, -0.25) is 33.7 Å². The second kappa shape index (κ2) is 16.9. The van der Waals surface area contributed by atoms with Gasteiger partial charge >= 0.3 is 23.9 Å². The van der Waals surface area contributed by atoms with Gasteiger partial charge in [0.05, 0.1) is 42.0 Å². The van der Waals surface area contributed by atoms with E-state index in [4.69, 9.17) is 52.0 Å². The number of phenols is 1. The van der Waals surface area contributed by atoms with Gasteiger partial charge in [-0.25, -0.2) is 0 Å². The Morgan fingerprint density at radius 2 is 1.41 bits per heavy atom. The molecule has 2 aromatic carbocycles. The molecular weight excluding hydrogens is 723 g/mol. The Balaban J connectivity index is 1.84. The average Bonchev–Trinajstić information content (AvgIpc) is 3.02. The number of rotatable bonds is 19. The molecule has 0 atom stereocenters. The number of hydrogen-bond donors (Lipinski definition) is 5. The lowest BCUT2D eigenvalue weighted by atomic mass is 9.92. The van der Waals surface area contributed by atoms with E-state index in [0.717, 1.165) is 15.9 Å². The van der Waals surface area contributed by atoms with Crippen LogP contribution in [0.4, 0.5) is 5.69 Å². The lowest BCUT2D eigenvalue weighted by molar-refractivity contribution is -0.142. The third kappa shape index (κ3) is 9.76. The molecule has 1 aliphatic heterocycles. The van der Waals surface area contributed by atoms with Crippen molar-refractivity contribution in [3.63, 3.8) is 0 Å². The van der Waals surface area contributed by atoms with E-state index in [1.807, 2.05) is 0 Å². The number of carbonyl (C=O) groups excluding carboxylic acids is 1. The largest absolute Gasteiger partial charge is 0.506 e. The molecule has 17 nitrogen and oxygen atoms in total. The Bertz CT molecular complexity index is 1980. The molecule has 270 valence electrons. The van der Waals surface area contributed by atoms with E-state index in [-0.39, 0.29) is 99.2 Å². The monoisotopic (exact) mass is 750 g/mol. The molecule has 19 heteroatoms. The van der Waals surface area contributed by atoms with Crippen LogP contribution < -0.4 is 19.8 Å². The molecule has 0 saturated heterocycles. The number of anilines is 1. The minimum Gasteiger partial charge on any atom is -0.506 e. The van der Waals surface area contributed by atoms with Crippen molar-refractivity contribution < 1.29 is 68.1 Å². The molecule has 0 saturated carbocycles. The summed E-state index contributed by atoms with van der Waals surface area (Å²) in [6.45, 7) is -3.21. The summed E-state index contributed by atoms with van der Waals surface area (Å²) in [5, 5.41) is 47.4. The third-order valence-electron chi connectivity index (χ3n) is 7.10. The van der Waals surface area contributed by atoms with E-state index in [0.29, 0.717) is 0 Å². The number of halogens is 2. The molecule has 1 aliphatic carbocycles. The fraction of sp³-hybridized carbons (Fsp3) is 0.250. The van der Waals surface area contributed by atoms with E-state index < -0.39 is 55.5 Å². The second-order valence-electron chi connectivity index (χ2n) is 10.7. The molecular formula is C32H28Cl2N2O15. The molecule has 0 bridgehead atoms. The van der Waals surface area contributed by atoms with Gasteiger partial charge in [0.15, 0.2) is 0 Å². The number of fused-ring (bicyclic) bond motifs is 2. The van der Waals surface area contributed by atoms with Gasteiger partial charge < -0.3 is 49.1 Å². The summed E-state index contributed by atoms with van der Waals surface area (Å²) in [5.74, 6) is -5.97. The van der Waals surface area contributed by atoms with Crippen LogP contribution in [0.25, 0.3) is 33.4 Å². The van der Waals surface area contributed by atoms with Gasteiger partial charge in [0.1, 0.15) is 48.3 Å². The predicted octanol–water partition coefficient (Wildman–Crippen LogP) is 2.95. The smallest absolute Gasteiger partial charge is 0.323 e. The van der Waals surface area contributed by atoms with Gasteiger partial charge in [-0.2, -0.15) is 0 Å². The van der Waals surface area contributed by atoms with Crippen LogP contribution in [0.15, 0.2) is 45.6 Å². The highest BCUT2D eigenvalue weighted by Gasteiger charge is 2.27. The number of ether oxygens (including phenoxy) is 3. The van der Waals surface area contributed by atoms with Crippen LogP contribution in [-0.2, 0) is 28.7 Å². The molecule has 4 rings (SSSR count). The summed E-state index contributed by atoms with van der Waals surface area (Å²) in [7, 11) is 0. The SMILES string of the molecule is O=COc1cc(N(CC(=O)O)CC(=O)O)c(OCCOCCN(CC(=O)O)CC(=O)O)cc1-c1c2cc(Cl)c(=O)cc-2oc2cc(O)c(Cl)cc12. The second-order valence-corrected chi connectivity index (χ2v) is 11.5. The molecule has 0 aromatic heterocycles. The molecule has 0 spiro atoms. The van der Waals surface area contributed by atoms with Crippen LogP contribution in [0.3, 0.4) is 0 Å². The lowest BCUT2D eigenvalue weighted by Crippen LogP contribution is -2.37. The maximum Gasteiger partial charge on any atom is 0.323 e. The summed E-state index contributed by atoms with van der Waals surface area (Å²) in [4.78, 5) is 71.9. The predicted molar refractivity (Wildman–Crippen MR) is 178 cm³/mol. The molecule has 2 aliphatic rings. The van der Waals surface area contributed by atoms with Crippen LogP contribution in [0.5, 0.6) is 17.2 Å². The molecule has 51 heavy (non-hydrogen) atoms. The first-order valence-corrected chi connectivity index (χ1v) is 15.4. The summed E-state index contributed by atoms with van der Waals surface area (Å²) in [6.07, 6.45) is 0. The Morgan fingerprint density at radius 1 is 0.765 bits per heavy atom. The van der Waals surface area contributed by atoms with Crippen LogP contribution in [0.1, 0.15) is 0 Å². The Hall–Kier alpha value is -5.62. The maximum absolute atomic E-state index is 12.5. The zero-order valence-electron chi connectivity index (χ0n) is 26.2. The molecule has 0 radical (unpaired) electrons. The summed E-state index contributed by atoms with van der Waals surface area (Å²) in [6, 6.07) is 7.43. The van der Waals surface area contributed by atoms with Crippen molar-refractivity contribution in [2.45, 2.75) is 0 Å². The molecule has 1 heterocycles. The fourth-order valence-electron chi connectivity index (χ4n) is 5.10. The van der Waals surface area contributed by atoms with Gasteiger partial charge in [-0.1, -0.05) is 23.2 Å². The van der Waals surface area contributed by atoms with Gasteiger partial charge in [0, 0.05) is 46.8 Å². The Morgan fingerprint density at radius 3 is 2.02 bits per heavy atom. The van der Waals surface area contributed by atoms with Gasteiger partial charge in [-0.15, -0.1) is 0 Å². The topological polar surface area (TPSA) is 251 Å². The number of phenolic OH excluding ortho intramolecular Hbond substituents is 1. The summed E-state index contributed by atoms with van der Waals surface area (Å²) < 4.78 is 22.6. The van der Waals surface area contributed by atoms with Crippen molar-refractivity contribution in [3.8, 4) is 39.7 Å². The van der Waals surface area contributed by atoms with Gasteiger partial charge in [0.2, 0.25) is 5.43 Å².